The van der Waals surface area contributed by atoms with Crippen LogP contribution in [0.1, 0.15) is 30.6 Å². The molecule has 0 aliphatic rings. The van der Waals surface area contributed by atoms with Gasteiger partial charge < -0.3 is 16.2 Å². The highest BCUT2D eigenvalue weighted by Gasteiger charge is 2.14. The normalized spacial score (nSPS) is 12.5. The molecule has 0 aromatic heterocycles. The third kappa shape index (κ3) is 4.31. The molecule has 18 heavy (non-hydrogen) atoms. The van der Waals surface area contributed by atoms with Crippen LogP contribution in [0.15, 0.2) is 22.7 Å². The molecule has 0 bridgehead atoms. The number of amides is 1. The van der Waals surface area contributed by atoms with E-state index in [1.165, 1.54) is 0 Å². The van der Waals surface area contributed by atoms with Crippen LogP contribution >= 0.6 is 15.9 Å². The van der Waals surface area contributed by atoms with E-state index >= 15 is 0 Å². The fraction of sp³-hybridized carbons (Fsp3) is 0.462. The highest BCUT2D eigenvalue weighted by Crippen LogP contribution is 2.20. The average molecular weight is 315 g/mol. The molecule has 0 heterocycles. The van der Waals surface area contributed by atoms with Gasteiger partial charge in [-0.25, -0.2) is 0 Å². The van der Waals surface area contributed by atoms with Crippen LogP contribution in [0.25, 0.3) is 0 Å². The predicted octanol–water partition coefficient (Wildman–Crippen LogP) is 2.17. The summed E-state index contributed by atoms with van der Waals surface area (Å²) in [6, 6.07) is 4.80. The SMILES string of the molecule is CC(C)CC(CO)NC(=O)c1ccc(N)c(Br)c1. The minimum Gasteiger partial charge on any atom is -0.398 e. The summed E-state index contributed by atoms with van der Waals surface area (Å²) in [5.74, 6) is 0.219. The second-order valence-corrected chi connectivity index (χ2v) is 5.57. The van der Waals surface area contributed by atoms with Gasteiger partial charge in [0, 0.05) is 15.7 Å². The van der Waals surface area contributed by atoms with Crippen molar-refractivity contribution in [1.29, 1.82) is 0 Å². The lowest BCUT2D eigenvalue weighted by Gasteiger charge is -2.18. The summed E-state index contributed by atoms with van der Waals surface area (Å²) in [5.41, 5.74) is 6.78. The largest absolute Gasteiger partial charge is 0.398 e. The summed E-state index contributed by atoms with van der Waals surface area (Å²) < 4.78 is 0.694. The van der Waals surface area contributed by atoms with Crippen LogP contribution in [0.5, 0.6) is 0 Å². The van der Waals surface area contributed by atoms with Crippen molar-refractivity contribution in [1.82, 2.24) is 5.32 Å². The van der Waals surface area contributed by atoms with Crippen molar-refractivity contribution in [2.45, 2.75) is 26.3 Å². The van der Waals surface area contributed by atoms with Crippen molar-refractivity contribution in [2.75, 3.05) is 12.3 Å². The molecule has 1 aromatic rings. The molecule has 0 aliphatic heterocycles. The van der Waals surface area contributed by atoms with Gasteiger partial charge in [-0.3, -0.25) is 4.79 Å². The first-order valence-corrected chi connectivity index (χ1v) is 6.70. The number of carbonyl (C=O) groups is 1. The first-order valence-electron chi connectivity index (χ1n) is 5.90. The highest BCUT2D eigenvalue weighted by molar-refractivity contribution is 9.10. The zero-order valence-corrected chi connectivity index (χ0v) is 12.2. The van der Waals surface area contributed by atoms with Crippen LogP contribution in [0.2, 0.25) is 0 Å². The third-order valence-corrected chi connectivity index (χ3v) is 3.26. The molecule has 1 atom stereocenters. The van der Waals surface area contributed by atoms with Crippen molar-refractivity contribution in [3.05, 3.63) is 28.2 Å². The number of aliphatic hydroxyl groups excluding tert-OH is 1. The maximum absolute atomic E-state index is 12.0. The Morgan fingerprint density at radius 2 is 2.17 bits per heavy atom. The number of nitrogens with one attached hydrogen (secondary N) is 1. The smallest absolute Gasteiger partial charge is 0.251 e. The molecule has 4 N–H and O–H groups in total. The zero-order valence-electron chi connectivity index (χ0n) is 10.6. The van der Waals surface area contributed by atoms with Crippen LogP contribution in [-0.2, 0) is 0 Å². The van der Waals surface area contributed by atoms with Crippen molar-refractivity contribution in [3.63, 3.8) is 0 Å². The molecule has 0 radical (unpaired) electrons. The molecular formula is C13H19BrN2O2. The number of anilines is 1. The number of hydrogen-bond acceptors (Lipinski definition) is 3. The Hall–Kier alpha value is -1.07. The Bertz CT molecular complexity index is 421. The molecule has 0 saturated heterocycles. The first-order chi connectivity index (χ1) is 8.43. The fourth-order valence-corrected chi connectivity index (χ4v) is 2.06. The molecule has 0 saturated carbocycles. The van der Waals surface area contributed by atoms with E-state index < -0.39 is 0 Å². The van der Waals surface area contributed by atoms with Gasteiger partial charge in [0.25, 0.3) is 5.91 Å². The van der Waals surface area contributed by atoms with E-state index in [9.17, 15) is 9.90 Å². The van der Waals surface area contributed by atoms with Gasteiger partial charge in [-0.05, 0) is 46.5 Å². The molecule has 0 spiro atoms. The Balaban J connectivity index is 2.71. The van der Waals surface area contributed by atoms with Crippen LogP contribution in [0, 0.1) is 5.92 Å². The van der Waals surface area contributed by atoms with E-state index in [1.807, 2.05) is 0 Å². The van der Waals surface area contributed by atoms with Crippen molar-refractivity contribution in [2.24, 2.45) is 5.92 Å². The van der Waals surface area contributed by atoms with E-state index in [0.717, 1.165) is 6.42 Å². The molecule has 0 fully saturated rings. The molecule has 1 aromatic carbocycles. The van der Waals surface area contributed by atoms with E-state index in [-0.39, 0.29) is 18.6 Å². The molecular weight excluding hydrogens is 296 g/mol. The summed E-state index contributed by atoms with van der Waals surface area (Å²) in [5, 5.41) is 12.0. The van der Waals surface area contributed by atoms with E-state index in [1.54, 1.807) is 18.2 Å². The lowest BCUT2D eigenvalue weighted by molar-refractivity contribution is 0.0908. The predicted molar refractivity (Wildman–Crippen MR) is 76.3 cm³/mol. The van der Waals surface area contributed by atoms with E-state index in [2.05, 4.69) is 35.1 Å². The summed E-state index contributed by atoms with van der Waals surface area (Å²) in [6.07, 6.45) is 0.748. The van der Waals surface area contributed by atoms with Crippen LogP contribution in [0.4, 0.5) is 5.69 Å². The molecule has 1 rings (SSSR count). The van der Waals surface area contributed by atoms with Gasteiger partial charge in [0.05, 0.1) is 12.6 Å². The van der Waals surface area contributed by atoms with Gasteiger partial charge in [0.2, 0.25) is 0 Å². The number of hydrogen-bond donors (Lipinski definition) is 3. The number of rotatable bonds is 5. The van der Waals surface area contributed by atoms with Gasteiger partial charge in [0.1, 0.15) is 0 Å². The third-order valence-electron chi connectivity index (χ3n) is 2.57. The van der Waals surface area contributed by atoms with Crippen molar-refractivity contribution >= 4 is 27.5 Å². The second kappa shape index (κ2) is 6.75. The lowest BCUT2D eigenvalue weighted by atomic mass is 10.0. The van der Waals surface area contributed by atoms with Crippen LogP contribution in [-0.4, -0.2) is 23.7 Å². The summed E-state index contributed by atoms with van der Waals surface area (Å²) in [7, 11) is 0. The highest BCUT2D eigenvalue weighted by atomic mass is 79.9. The van der Waals surface area contributed by atoms with Crippen LogP contribution < -0.4 is 11.1 Å². The molecule has 1 amide bonds. The van der Waals surface area contributed by atoms with Crippen molar-refractivity contribution < 1.29 is 9.90 Å². The average Bonchev–Trinajstić information content (AvgIpc) is 2.31. The standard InChI is InChI=1S/C13H19BrN2O2/c1-8(2)5-10(7-17)16-13(18)9-3-4-12(15)11(14)6-9/h3-4,6,8,10,17H,5,7,15H2,1-2H3,(H,16,18). The monoisotopic (exact) mass is 314 g/mol. The quantitative estimate of drug-likeness (QED) is 0.729. The minimum absolute atomic E-state index is 0.0555. The Kier molecular flexibility index (Phi) is 5.62. The maximum atomic E-state index is 12.0. The summed E-state index contributed by atoms with van der Waals surface area (Å²) in [4.78, 5) is 12.0. The van der Waals surface area contributed by atoms with Crippen LogP contribution in [0.3, 0.4) is 0 Å². The van der Waals surface area contributed by atoms with Gasteiger partial charge in [-0.15, -0.1) is 0 Å². The Morgan fingerprint density at radius 3 is 2.67 bits per heavy atom. The summed E-state index contributed by atoms with van der Waals surface area (Å²) >= 11 is 3.28. The zero-order chi connectivity index (χ0) is 13.7. The van der Waals surface area contributed by atoms with Gasteiger partial charge in [0.15, 0.2) is 0 Å². The fourth-order valence-electron chi connectivity index (χ4n) is 1.69. The lowest BCUT2D eigenvalue weighted by Crippen LogP contribution is -2.38. The number of carbonyl (C=O) groups excluding carboxylic acids is 1. The molecule has 5 heteroatoms. The number of nitrogen functional groups attached to an aromatic ring is 1. The summed E-state index contributed by atoms with van der Waals surface area (Å²) in [6.45, 7) is 4.04. The maximum Gasteiger partial charge on any atom is 0.251 e. The second-order valence-electron chi connectivity index (χ2n) is 4.72. The number of aliphatic hydroxyl groups is 1. The van der Waals surface area contributed by atoms with E-state index in [4.69, 9.17) is 5.73 Å². The van der Waals surface area contributed by atoms with E-state index in [0.29, 0.717) is 21.6 Å². The topological polar surface area (TPSA) is 75.3 Å². The number of benzene rings is 1. The Labute approximate surface area is 116 Å². The van der Waals surface area contributed by atoms with Gasteiger partial charge >= 0.3 is 0 Å². The molecule has 4 nitrogen and oxygen atoms in total. The number of nitrogens with two attached hydrogens (primary N) is 1. The van der Waals surface area contributed by atoms with Gasteiger partial charge in [-0.2, -0.15) is 0 Å². The molecule has 100 valence electrons. The molecule has 0 aliphatic carbocycles. The van der Waals surface area contributed by atoms with Crippen molar-refractivity contribution in [3.8, 4) is 0 Å². The first kappa shape index (κ1) is 15.0. The molecule has 1 unspecified atom stereocenters. The minimum atomic E-state index is -0.214. The number of halogens is 1. The van der Waals surface area contributed by atoms with Gasteiger partial charge in [-0.1, -0.05) is 13.8 Å². The Morgan fingerprint density at radius 1 is 1.50 bits per heavy atom.